The summed E-state index contributed by atoms with van der Waals surface area (Å²) in [5.41, 5.74) is 2.40. The zero-order chi connectivity index (χ0) is 21.1. The molecular formula is C23H30N2O3S. The van der Waals surface area contributed by atoms with Crippen LogP contribution in [-0.2, 0) is 11.2 Å². The van der Waals surface area contributed by atoms with Gasteiger partial charge in [-0.1, -0.05) is 37.6 Å². The van der Waals surface area contributed by atoms with Gasteiger partial charge < -0.3 is 15.4 Å². The first-order valence-electron chi connectivity index (χ1n) is 9.91. The molecule has 0 saturated carbocycles. The Labute approximate surface area is 177 Å². The average molecular weight is 415 g/mol. The Bertz CT molecular complexity index is 793. The van der Waals surface area contributed by atoms with E-state index >= 15 is 0 Å². The summed E-state index contributed by atoms with van der Waals surface area (Å²) in [5, 5.41) is 5.78. The van der Waals surface area contributed by atoms with Gasteiger partial charge in [0.1, 0.15) is 11.8 Å². The molecule has 1 unspecified atom stereocenters. The second-order valence-electron chi connectivity index (χ2n) is 6.80. The van der Waals surface area contributed by atoms with Crippen LogP contribution in [0.4, 0.5) is 5.69 Å². The quantitative estimate of drug-likeness (QED) is 0.567. The lowest BCUT2D eigenvalue weighted by Crippen LogP contribution is -2.44. The fourth-order valence-electron chi connectivity index (χ4n) is 2.94. The number of amides is 2. The summed E-state index contributed by atoms with van der Waals surface area (Å²) in [7, 11) is 1.52. The van der Waals surface area contributed by atoms with E-state index in [9.17, 15) is 9.59 Å². The minimum atomic E-state index is -0.625. The van der Waals surface area contributed by atoms with E-state index in [2.05, 4.69) is 17.6 Å². The zero-order valence-electron chi connectivity index (χ0n) is 17.4. The highest BCUT2D eigenvalue weighted by molar-refractivity contribution is 7.98. The van der Waals surface area contributed by atoms with Crippen molar-refractivity contribution < 1.29 is 14.3 Å². The molecule has 29 heavy (non-hydrogen) atoms. The molecule has 2 amide bonds. The highest BCUT2D eigenvalue weighted by atomic mass is 32.2. The van der Waals surface area contributed by atoms with E-state index in [-0.39, 0.29) is 11.8 Å². The third-order valence-corrected chi connectivity index (χ3v) is 5.27. The van der Waals surface area contributed by atoms with Crippen molar-refractivity contribution in [2.45, 2.75) is 38.6 Å². The summed E-state index contributed by atoms with van der Waals surface area (Å²) in [6, 6.07) is 14.3. The number of hydrogen-bond donors (Lipinski definition) is 2. The lowest BCUT2D eigenvalue weighted by atomic mass is 10.1. The van der Waals surface area contributed by atoms with Crippen LogP contribution in [0.25, 0.3) is 0 Å². The number of ether oxygens (including phenoxy) is 1. The van der Waals surface area contributed by atoms with Crippen molar-refractivity contribution in [3.05, 3.63) is 59.7 Å². The summed E-state index contributed by atoms with van der Waals surface area (Å²) in [5.74, 6) is 0.708. The molecule has 0 saturated heterocycles. The van der Waals surface area contributed by atoms with Crippen molar-refractivity contribution in [3.63, 3.8) is 0 Å². The van der Waals surface area contributed by atoms with Gasteiger partial charge >= 0.3 is 0 Å². The van der Waals surface area contributed by atoms with Crippen LogP contribution in [0.5, 0.6) is 5.75 Å². The number of aryl methyl sites for hydroxylation is 1. The molecule has 2 aromatic rings. The molecular weight excluding hydrogens is 384 g/mol. The first kappa shape index (κ1) is 22.8. The van der Waals surface area contributed by atoms with E-state index in [4.69, 9.17) is 4.74 Å². The molecule has 0 heterocycles. The number of rotatable bonds is 11. The fraction of sp³-hybridized carbons (Fsp3) is 0.391. The van der Waals surface area contributed by atoms with Crippen LogP contribution in [0, 0.1) is 0 Å². The number of carbonyl (C=O) groups excluding carboxylic acids is 2. The van der Waals surface area contributed by atoms with Gasteiger partial charge in [0.2, 0.25) is 5.91 Å². The Balaban J connectivity index is 2.06. The SMILES string of the molecule is CCCCc1ccc(NC(=O)C(CCSC)NC(=O)c2ccccc2OC)cc1. The molecule has 0 radical (unpaired) electrons. The lowest BCUT2D eigenvalue weighted by molar-refractivity contribution is -0.118. The van der Waals surface area contributed by atoms with Crippen LogP contribution in [0.15, 0.2) is 48.5 Å². The normalized spacial score (nSPS) is 11.6. The Morgan fingerprint density at radius 1 is 1.10 bits per heavy atom. The Kier molecular flexibility index (Phi) is 9.57. The topological polar surface area (TPSA) is 67.4 Å². The van der Waals surface area contributed by atoms with E-state index in [1.165, 1.54) is 12.7 Å². The van der Waals surface area contributed by atoms with Crippen molar-refractivity contribution in [2.75, 3.05) is 24.4 Å². The molecule has 5 nitrogen and oxygen atoms in total. The molecule has 0 aliphatic heterocycles. The van der Waals surface area contributed by atoms with Gasteiger partial charge in [-0.3, -0.25) is 9.59 Å². The number of para-hydroxylation sites is 1. The number of unbranched alkanes of at least 4 members (excludes halogenated alkanes) is 1. The molecule has 0 aliphatic rings. The summed E-state index contributed by atoms with van der Waals surface area (Å²) in [6.45, 7) is 2.17. The number of methoxy groups -OCH3 is 1. The monoisotopic (exact) mass is 414 g/mol. The van der Waals surface area contributed by atoms with Gasteiger partial charge in [-0.2, -0.15) is 11.8 Å². The molecule has 1 atom stereocenters. The molecule has 0 bridgehead atoms. The van der Waals surface area contributed by atoms with Crippen molar-refractivity contribution >= 4 is 29.3 Å². The molecule has 0 aromatic heterocycles. The van der Waals surface area contributed by atoms with Gasteiger partial charge in [0.25, 0.3) is 5.91 Å². The third-order valence-electron chi connectivity index (χ3n) is 4.62. The van der Waals surface area contributed by atoms with Crippen LogP contribution in [0.1, 0.15) is 42.1 Å². The number of nitrogens with one attached hydrogen (secondary N) is 2. The van der Waals surface area contributed by atoms with Crippen molar-refractivity contribution in [3.8, 4) is 5.75 Å². The highest BCUT2D eigenvalue weighted by Gasteiger charge is 2.22. The van der Waals surface area contributed by atoms with Crippen LogP contribution in [-0.4, -0.2) is 37.0 Å². The second kappa shape index (κ2) is 12.2. The molecule has 2 N–H and O–H groups in total. The summed E-state index contributed by atoms with van der Waals surface area (Å²) in [4.78, 5) is 25.6. The van der Waals surface area contributed by atoms with Crippen LogP contribution in [0.3, 0.4) is 0 Å². The summed E-state index contributed by atoms with van der Waals surface area (Å²) < 4.78 is 5.26. The minimum Gasteiger partial charge on any atom is -0.496 e. The van der Waals surface area contributed by atoms with Gasteiger partial charge in [0.15, 0.2) is 0 Å². The van der Waals surface area contributed by atoms with E-state index < -0.39 is 6.04 Å². The number of anilines is 1. The molecule has 0 aliphatic carbocycles. The second-order valence-corrected chi connectivity index (χ2v) is 7.78. The van der Waals surface area contributed by atoms with E-state index in [1.54, 1.807) is 36.0 Å². The first-order valence-corrected chi connectivity index (χ1v) is 11.3. The van der Waals surface area contributed by atoms with Gasteiger partial charge in [-0.05, 0) is 61.1 Å². The van der Waals surface area contributed by atoms with Crippen LogP contribution < -0.4 is 15.4 Å². The third kappa shape index (κ3) is 7.13. The summed E-state index contributed by atoms with van der Waals surface area (Å²) >= 11 is 1.64. The first-order chi connectivity index (χ1) is 14.1. The van der Waals surface area contributed by atoms with Crippen LogP contribution in [0.2, 0.25) is 0 Å². The maximum Gasteiger partial charge on any atom is 0.255 e. The van der Waals surface area contributed by atoms with Gasteiger partial charge in [0, 0.05) is 5.69 Å². The Morgan fingerprint density at radius 3 is 2.48 bits per heavy atom. The average Bonchev–Trinajstić information content (AvgIpc) is 2.75. The molecule has 156 valence electrons. The molecule has 2 aromatic carbocycles. The Hall–Kier alpha value is -2.47. The summed E-state index contributed by atoms with van der Waals surface area (Å²) in [6.07, 6.45) is 5.86. The van der Waals surface area contributed by atoms with Gasteiger partial charge in [0.05, 0.1) is 12.7 Å². The molecule has 0 spiro atoms. The number of carbonyl (C=O) groups is 2. The predicted molar refractivity (Wildman–Crippen MR) is 121 cm³/mol. The maximum atomic E-state index is 12.8. The number of benzene rings is 2. The Morgan fingerprint density at radius 2 is 1.83 bits per heavy atom. The molecule has 0 fully saturated rings. The van der Waals surface area contributed by atoms with Crippen molar-refractivity contribution in [2.24, 2.45) is 0 Å². The van der Waals surface area contributed by atoms with Crippen molar-refractivity contribution in [1.29, 1.82) is 0 Å². The standard InChI is InChI=1S/C23H30N2O3S/c1-4-5-8-17-11-13-18(14-12-17)24-23(27)20(15-16-29-3)25-22(26)19-9-6-7-10-21(19)28-2/h6-7,9-14,20H,4-5,8,15-16H2,1-3H3,(H,24,27)(H,25,26). The maximum absolute atomic E-state index is 12.8. The zero-order valence-corrected chi connectivity index (χ0v) is 18.2. The van der Waals surface area contributed by atoms with E-state index in [0.717, 1.165) is 30.7 Å². The van der Waals surface area contributed by atoms with E-state index in [0.29, 0.717) is 17.7 Å². The smallest absolute Gasteiger partial charge is 0.255 e. The van der Waals surface area contributed by atoms with Crippen molar-refractivity contribution in [1.82, 2.24) is 5.32 Å². The van der Waals surface area contributed by atoms with Crippen LogP contribution >= 0.6 is 11.8 Å². The number of hydrogen-bond acceptors (Lipinski definition) is 4. The highest BCUT2D eigenvalue weighted by Crippen LogP contribution is 2.18. The largest absolute Gasteiger partial charge is 0.496 e. The van der Waals surface area contributed by atoms with Gasteiger partial charge in [-0.15, -0.1) is 0 Å². The fourth-order valence-corrected chi connectivity index (χ4v) is 3.41. The minimum absolute atomic E-state index is 0.219. The predicted octanol–water partition coefficient (Wildman–Crippen LogP) is 4.53. The molecule has 2 rings (SSSR count). The van der Waals surface area contributed by atoms with E-state index in [1.807, 2.05) is 30.5 Å². The molecule has 6 heteroatoms. The lowest BCUT2D eigenvalue weighted by Gasteiger charge is -2.19. The van der Waals surface area contributed by atoms with Gasteiger partial charge in [-0.25, -0.2) is 0 Å². The number of thioether (sulfide) groups is 1.